The predicted molar refractivity (Wildman–Crippen MR) is 136 cm³/mol. The molecule has 0 saturated heterocycles. The Morgan fingerprint density at radius 3 is 2.55 bits per heavy atom. The number of carbonyl (C=O) groups excluding carboxylic acids is 2. The van der Waals surface area contributed by atoms with E-state index < -0.39 is 0 Å². The summed E-state index contributed by atoms with van der Waals surface area (Å²) in [4.78, 5) is 30.8. The third-order valence-electron chi connectivity index (χ3n) is 4.91. The first-order valence-electron chi connectivity index (χ1n) is 10.4. The zero-order valence-electron chi connectivity index (χ0n) is 18.2. The van der Waals surface area contributed by atoms with Crippen LogP contribution in [0.15, 0.2) is 77.7 Å². The summed E-state index contributed by atoms with van der Waals surface area (Å²) in [6, 6.07) is 22.2. The Balaban J connectivity index is 1.41. The lowest BCUT2D eigenvalue weighted by Crippen LogP contribution is -2.24. The second kappa shape index (κ2) is 10.5. The van der Waals surface area contributed by atoms with Crippen LogP contribution in [0, 0.1) is 0 Å². The van der Waals surface area contributed by atoms with E-state index in [0.717, 1.165) is 15.1 Å². The molecular formula is C25H23N3O3S2. The number of aromatic nitrogens is 1. The first kappa shape index (κ1) is 22.8. The number of hydrogen-bond donors (Lipinski definition) is 2. The smallest absolute Gasteiger partial charge is 0.255 e. The van der Waals surface area contributed by atoms with Gasteiger partial charge in [0, 0.05) is 16.1 Å². The van der Waals surface area contributed by atoms with Crippen LogP contribution in [-0.2, 0) is 4.79 Å². The van der Waals surface area contributed by atoms with E-state index in [2.05, 4.69) is 15.6 Å². The van der Waals surface area contributed by atoms with Crippen LogP contribution in [0.5, 0.6) is 5.75 Å². The minimum Gasteiger partial charge on any atom is -0.497 e. The highest BCUT2D eigenvalue weighted by Gasteiger charge is 2.20. The number of nitrogens with one attached hydrogen (secondary N) is 2. The quantitative estimate of drug-likeness (QED) is 0.301. The lowest BCUT2D eigenvalue weighted by atomic mass is 10.2. The van der Waals surface area contributed by atoms with E-state index in [-0.39, 0.29) is 17.1 Å². The van der Waals surface area contributed by atoms with Gasteiger partial charge in [0.25, 0.3) is 5.91 Å². The molecule has 2 amide bonds. The first-order chi connectivity index (χ1) is 16.1. The Morgan fingerprint density at radius 2 is 1.82 bits per heavy atom. The fourth-order valence-electron chi connectivity index (χ4n) is 3.19. The van der Waals surface area contributed by atoms with E-state index in [9.17, 15) is 9.59 Å². The molecule has 1 heterocycles. The molecule has 2 N–H and O–H groups in total. The van der Waals surface area contributed by atoms with Crippen molar-refractivity contribution in [1.82, 2.24) is 4.98 Å². The van der Waals surface area contributed by atoms with Gasteiger partial charge in [-0.15, -0.1) is 11.8 Å². The minimum atomic E-state index is -0.287. The number of amides is 2. The van der Waals surface area contributed by atoms with Crippen molar-refractivity contribution in [3.63, 3.8) is 0 Å². The molecule has 168 valence electrons. The van der Waals surface area contributed by atoms with Gasteiger partial charge in [-0.25, -0.2) is 4.98 Å². The monoisotopic (exact) mass is 477 g/mol. The highest BCUT2D eigenvalue weighted by Crippen LogP contribution is 2.30. The fourth-order valence-corrected chi connectivity index (χ4v) is 5.07. The number of carbonyl (C=O) groups is 2. The van der Waals surface area contributed by atoms with Crippen LogP contribution >= 0.6 is 23.1 Å². The van der Waals surface area contributed by atoms with Gasteiger partial charge in [0.15, 0.2) is 5.13 Å². The molecular weight excluding hydrogens is 454 g/mol. The van der Waals surface area contributed by atoms with Gasteiger partial charge in [0.05, 0.1) is 22.6 Å². The van der Waals surface area contributed by atoms with Crippen molar-refractivity contribution in [3.8, 4) is 5.75 Å². The maximum Gasteiger partial charge on any atom is 0.255 e. The Kier molecular flexibility index (Phi) is 7.26. The summed E-state index contributed by atoms with van der Waals surface area (Å²) in [5.74, 6) is 0.398. The molecule has 6 nitrogen and oxygen atoms in total. The third-order valence-corrected chi connectivity index (χ3v) is 7.22. The van der Waals surface area contributed by atoms with Gasteiger partial charge >= 0.3 is 0 Å². The van der Waals surface area contributed by atoms with E-state index in [1.165, 1.54) is 23.1 Å². The molecule has 33 heavy (non-hydrogen) atoms. The summed E-state index contributed by atoms with van der Waals surface area (Å²) in [7, 11) is 1.58. The summed E-state index contributed by atoms with van der Waals surface area (Å²) in [6.45, 7) is 1.98. The van der Waals surface area contributed by atoms with Crippen molar-refractivity contribution in [3.05, 3.63) is 78.4 Å². The van der Waals surface area contributed by atoms with Crippen LogP contribution in [0.4, 0.5) is 10.8 Å². The molecule has 0 aliphatic heterocycles. The summed E-state index contributed by atoms with van der Waals surface area (Å²) in [6.07, 6.45) is 0.657. The van der Waals surface area contributed by atoms with Gasteiger partial charge in [0.2, 0.25) is 5.91 Å². The Hall–Kier alpha value is -3.36. The number of para-hydroxylation sites is 1. The van der Waals surface area contributed by atoms with Crippen LogP contribution in [0.1, 0.15) is 23.7 Å². The lowest BCUT2D eigenvalue weighted by Gasteiger charge is -2.14. The number of fused-ring (bicyclic) bond motifs is 1. The van der Waals surface area contributed by atoms with E-state index in [4.69, 9.17) is 4.74 Å². The number of thioether (sulfide) groups is 1. The van der Waals surface area contributed by atoms with Crippen molar-refractivity contribution in [2.75, 3.05) is 17.7 Å². The maximum atomic E-state index is 12.9. The standard InChI is InChI=1S/C25H23N3O3S2/c1-3-21(24(30)28-25-27-20-9-4-5-10-22(20)33-25)32-19-8-6-7-17(15-19)26-23(29)16-11-13-18(31-2)14-12-16/h4-15,21H,3H2,1-2H3,(H,26,29)(H,27,28,30). The van der Waals surface area contributed by atoms with Gasteiger partial charge in [0.1, 0.15) is 5.75 Å². The second-order valence-corrected chi connectivity index (χ2v) is 9.51. The topological polar surface area (TPSA) is 80.3 Å². The molecule has 0 aliphatic rings. The molecule has 1 aromatic heterocycles. The zero-order chi connectivity index (χ0) is 23.2. The summed E-state index contributed by atoms with van der Waals surface area (Å²) < 4.78 is 6.17. The summed E-state index contributed by atoms with van der Waals surface area (Å²) >= 11 is 2.92. The van der Waals surface area contributed by atoms with E-state index in [1.54, 1.807) is 31.4 Å². The Labute approximate surface area is 200 Å². The summed E-state index contributed by atoms with van der Waals surface area (Å²) in [5, 5.41) is 6.17. The van der Waals surface area contributed by atoms with Crippen molar-refractivity contribution in [1.29, 1.82) is 0 Å². The van der Waals surface area contributed by atoms with Crippen LogP contribution < -0.4 is 15.4 Å². The number of benzene rings is 3. The van der Waals surface area contributed by atoms with Crippen LogP contribution in [-0.4, -0.2) is 29.2 Å². The number of ether oxygens (including phenoxy) is 1. The summed E-state index contributed by atoms with van der Waals surface area (Å²) in [5.41, 5.74) is 2.08. The lowest BCUT2D eigenvalue weighted by molar-refractivity contribution is -0.115. The largest absolute Gasteiger partial charge is 0.497 e. The minimum absolute atomic E-state index is 0.0887. The molecule has 8 heteroatoms. The Morgan fingerprint density at radius 1 is 1.03 bits per heavy atom. The van der Waals surface area contributed by atoms with Gasteiger partial charge in [-0.3, -0.25) is 9.59 Å². The molecule has 1 unspecified atom stereocenters. The van der Waals surface area contributed by atoms with Crippen LogP contribution in [0.25, 0.3) is 10.2 Å². The van der Waals surface area contributed by atoms with Crippen molar-refractivity contribution >= 4 is 55.9 Å². The average Bonchev–Trinajstić information content (AvgIpc) is 3.25. The highest BCUT2D eigenvalue weighted by molar-refractivity contribution is 8.00. The van der Waals surface area contributed by atoms with Crippen molar-refractivity contribution in [2.24, 2.45) is 0 Å². The van der Waals surface area contributed by atoms with E-state index in [1.807, 2.05) is 55.5 Å². The van der Waals surface area contributed by atoms with Gasteiger partial charge < -0.3 is 15.4 Å². The number of methoxy groups -OCH3 is 1. The number of nitrogens with zero attached hydrogens (tertiary/aromatic N) is 1. The molecule has 4 aromatic rings. The molecule has 4 rings (SSSR count). The predicted octanol–water partition coefficient (Wildman–Crippen LogP) is 6.07. The SMILES string of the molecule is CCC(Sc1cccc(NC(=O)c2ccc(OC)cc2)c1)C(=O)Nc1nc2ccccc2s1. The van der Waals surface area contributed by atoms with Gasteiger partial charge in [-0.1, -0.05) is 36.5 Å². The molecule has 0 fully saturated rings. The molecule has 1 atom stereocenters. The molecule has 0 spiro atoms. The number of hydrogen-bond acceptors (Lipinski definition) is 6. The molecule has 0 saturated carbocycles. The van der Waals surface area contributed by atoms with E-state index >= 15 is 0 Å². The zero-order valence-corrected chi connectivity index (χ0v) is 19.8. The van der Waals surface area contributed by atoms with Crippen molar-refractivity contribution in [2.45, 2.75) is 23.5 Å². The van der Waals surface area contributed by atoms with E-state index in [0.29, 0.717) is 28.6 Å². The maximum absolute atomic E-state index is 12.9. The molecule has 0 aliphatic carbocycles. The van der Waals surface area contributed by atoms with Crippen LogP contribution in [0.3, 0.4) is 0 Å². The van der Waals surface area contributed by atoms with Gasteiger partial charge in [-0.2, -0.15) is 0 Å². The normalized spacial score (nSPS) is 11.7. The molecule has 0 bridgehead atoms. The Bertz CT molecular complexity index is 1240. The molecule has 0 radical (unpaired) electrons. The van der Waals surface area contributed by atoms with Crippen molar-refractivity contribution < 1.29 is 14.3 Å². The molecule has 3 aromatic carbocycles. The van der Waals surface area contributed by atoms with Crippen LogP contribution in [0.2, 0.25) is 0 Å². The number of thiazole rings is 1. The highest BCUT2D eigenvalue weighted by atomic mass is 32.2. The number of anilines is 2. The average molecular weight is 478 g/mol. The van der Waals surface area contributed by atoms with Gasteiger partial charge in [-0.05, 0) is 61.0 Å². The number of rotatable bonds is 8. The third kappa shape index (κ3) is 5.71. The first-order valence-corrected chi connectivity index (χ1v) is 12.1. The second-order valence-electron chi connectivity index (χ2n) is 7.20. The fraction of sp³-hybridized carbons (Fsp3) is 0.160.